The number of carbonyl (C=O) groups excluding carboxylic acids is 1. The van der Waals surface area contributed by atoms with Gasteiger partial charge in [-0.15, -0.1) is 0 Å². The summed E-state index contributed by atoms with van der Waals surface area (Å²) in [5, 5.41) is 2.98. The van der Waals surface area contributed by atoms with Crippen LogP contribution >= 0.6 is 0 Å². The molecular formula is C14H20N2O4S. The van der Waals surface area contributed by atoms with E-state index in [1.165, 1.54) is 12.1 Å². The molecule has 1 aliphatic carbocycles. The highest BCUT2D eigenvalue weighted by Gasteiger charge is 2.43. The fourth-order valence-corrected chi connectivity index (χ4v) is 3.30. The maximum atomic E-state index is 11.6. The number of carbonyl (C=O) groups is 1. The predicted octanol–water partition coefficient (Wildman–Crippen LogP) is 0.465. The molecule has 1 aliphatic rings. The summed E-state index contributed by atoms with van der Waals surface area (Å²) in [6.07, 6.45) is 2.75. The van der Waals surface area contributed by atoms with Crippen molar-refractivity contribution in [2.24, 2.45) is 5.73 Å². The van der Waals surface area contributed by atoms with Gasteiger partial charge in [-0.25, -0.2) is 8.42 Å². The number of amides is 1. The number of sulfone groups is 1. The molecule has 21 heavy (non-hydrogen) atoms. The van der Waals surface area contributed by atoms with Crippen molar-refractivity contribution in [1.82, 2.24) is 5.32 Å². The lowest BCUT2D eigenvalue weighted by atomic mass is 9.97. The molecule has 1 aromatic rings. The number of nitrogens with two attached hydrogens (primary N) is 1. The number of benzene rings is 1. The van der Waals surface area contributed by atoms with Crippen molar-refractivity contribution in [3.63, 3.8) is 0 Å². The van der Waals surface area contributed by atoms with Crippen molar-refractivity contribution < 1.29 is 17.9 Å². The third kappa shape index (κ3) is 3.36. The summed E-state index contributed by atoms with van der Waals surface area (Å²) in [6, 6.07) is 6.37. The van der Waals surface area contributed by atoms with E-state index >= 15 is 0 Å². The molecule has 0 saturated heterocycles. The lowest BCUT2D eigenvalue weighted by Crippen LogP contribution is -2.52. The van der Waals surface area contributed by atoms with Crippen LogP contribution in [0.1, 0.15) is 19.3 Å². The van der Waals surface area contributed by atoms with Crippen molar-refractivity contribution in [3.8, 4) is 5.75 Å². The van der Waals surface area contributed by atoms with Gasteiger partial charge in [0.05, 0.1) is 4.90 Å². The van der Waals surface area contributed by atoms with Crippen molar-refractivity contribution in [1.29, 1.82) is 0 Å². The zero-order valence-corrected chi connectivity index (χ0v) is 12.9. The number of ether oxygens (including phenoxy) is 1. The van der Waals surface area contributed by atoms with E-state index in [1.54, 1.807) is 19.2 Å². The van der Waals surface area contributed by atoms with Gasteiger partial charge in [0.15, 0.2) is 9.84 Å². The first-order valence-corrected chi connectivity index (χ1v) is 8.61. The minimum absolute atomic E-state index is 0.167. The summed E-state index contributed by atoms with van der Waals surface area (Å²) >= 11 is 0. The first kappa shape index (κ1) is 15.8. The molecule has 0 radical (unpaired) electrons. The number of likely N-dealkylation sites (N-methyl/N-ethyl adjacent to an activating group) is 1. The van der Waals surface area contributed by atoms with Gasteiger partial charge in [0, 0.05) is 12.7 Å². The predicted molar refractivity (Wildman–Crippen MR) is 78.8 cm³/mol. The second-order valence-electron chi connectivity index (χ2n) is 5.43. The monoisotopic (exact) mass is 312 g/mol. The minimum atomic E-state index is -3.27. The van der Waals surface area contributed by atoms with Gasteiger partial charge >= 0.3 is 0 Å². The van der Waals surface area contributed by atoms with E-state index in [0.29, 0.717) is 25.0 Å². The standard InChI is InChI=1S/C14H20N2O4S/c1-16-14(13(15)17)7-6-11(9-14)20-10-4-3-5-12(8-10)21(2,18)19/h3-5,8,11,16H,6-7,9H2,1-2H3,(H2,15,17). The average molecular weight is 312 g/mol. The molecule has 116 valence electrons. The molecule has 6 nitrogen and oxygen atoms in total. The molecule has 2 rings (SSSR count). The van der Waals surface area contributed by atoms with Crippen LogP contribution in [-0.2, 0) is 14.6 Å². The molecule has 3 N–H and O–H groups in total. The van der Waals surface area contributed by atoms with Gasteiger partial charge in [-0.1, -0.05) is 6.07 Å². The molecule has 2 unspecified atom stereocenters. The molecule has 0 aliphatic heterocycles. The van der Waals surface area contributed by atoms with E-state index in [0.717, 1.165) is 6.26 Å². The SMILES string of the molecule is CNC1(C(N)=O)CCC(Oc2cccc(S(C)(=O)=O)c2)C1. The Hall–Kier alpha value is -1.60. The van der Waals surface area contributed by atoms with Crippen LogP contribution in [0.5, 0.6) is 5.75 Å². The van der Waals surface area contributed by atoms with Gasteiger partial charge in [-0.05, 0) is 38.1 Å². The maximum Gasteiger partial charge on any atom is 0.237 e. The van der Waals surface area contributed by atoms with Crippen molar-refractivity contribution in [2.75, 3.05) is 13.3 Å². The smallest absolute Gasteiger partial charge is 0.237 e. The number of hydrogen-bond donors (Lipinski definition) is 2. The first-order valence-electron chi connectivity index (χ1n) is 6.72. The lowest BCUT2D eigenvalue weighted by molar-refractivity contribution is -0.124. The van der Waals surface area contributed by atoms with Gasteiger partial charge in [-0.3, -0.25) is 4.79 Å². The van der Waals surface area contributed by atoms with E-state index < -0.39 is 15.4 Å². The summed E-state index contributed by atoms with van der Waals surface area (Å²) in [6.45, 7) is 0. The molecule has 0 spiro atoms. The Morgan fingerprint density at radius 2 is 2.19 bits per heavy atom. The summed E-state index contributed by atoms with van der Waals surface area (Å²) < 4.78 is 28.9. The Morgan fingerprint density at radius 3 is 2.71 bits per heavy atom. The molecule has 0 bridgehead atoms. The molecule has 7 heteroatoms. The maximum absolute atomic E-state index is 11.6. The normalized spacial score (nSPS) is 25.7. The summed E-state index contributed by atoms with van der Waals surface area (Å²) in [5.74, 6) is 0.0975. The summed E-state index contributed by atoms with van der Waals surface area (Å²) in [7, 11) is -1.56. The third-order valence-corrected chi connectivity index (χ3v) is 5.07. The van der Waals surface area contributed by atoms with Crippen LogP contribution in [0.2, 0.25) is 0 Å². The molecule has 1 amide bonds. The Balaban J connectivity index is 2.12. The lowest BCUT2D eigenvalue weighted by Gasteiger charge is -2.24. The highest BCUT2D eigenvalue weighted by atomic mass is 32.2. The van der Waals surface area contributed by atoms with Crippen LogP contribution in [0.25, 0.3) is 0 Å². The van der Waals surface area contributed by atoms with E-state index in [-0.39, 0.29) is 16.9 Å². The van der Waals surface area contributed by atoms with Crippen LogP contribution in [0, 0.1) is 0 Å². The highest BCUT2D eigenvalue weighted by Crippen LogP contribution is 2.32. The fraction of sp³-hybridized carbons (Fsp3) is 0.500. The number of hydrogen-bond acceptors (Lipinski definition) is 5. The average Bonchev–Trinajstić information content (AvgIpc) is 2.83. The van der Waals surface area contributed by atoms with Crippen LogP contribution in [0.4, 0.5) is 0 Å². The van der Waals surface area contributed by atoms with Gasteiger partial charge in [0.25, 0.3) is 0 Å². The molecule has 1 aromatic carbocycles. The van der Waals surface area contributed by atoms with Gasteiger partial charge in [0.1, 0.15) is 17.4 Å². The Morgan fingerprint density at radius 1 is 1.48 bits per heavy atom. The first-order chi connectivity index (χ1) is 9.77. The molecule has 1 fully saturated rings. The molecule has 0 heterocycles. The highest BCUT2D eigenvalue weighted by molar-refractivity contribution is 7.90. The van der Waals surface area contributed by atoms with Gasteiger partial charge in [-0.2, -0.15) is 0 Å². The minimum Gasteiger partial charge on any atom is -0.490 e. The van der Waals surface area contributed by atoms with Crippen LogP contribution in [-0.4, -0.2) is 39.3 Å². The quantitative estimate of drug-likeness (QED) is 0.823. The van der Waals surface area contributed by atoms with E-state index in [4.69, 9.17) is 10.5 Å². The fourth-order valence-electron chi connectivity index (χ4n) is 2.65. The van der Waals surface area contributed by atoms with Gasteiger partial charge in [0.2, 0.25) is 5.91 Å². The van der Waals surface area contributed by atoms with Crippen LogP contribution in [0.3, 0.4) is 0 Å². The molecule has 1 saturated carbocycles. The Labute approximate surface area is 124 Å². The number of rotatable bonds is 5. The van der Waals surface area contributed by atoms with Crippen molar-refractivity contribution >= 4 is 15.7 Å². The number of nitrogens with one attached hydrogen (secondary N) is 1. The zero-order chi connectivity index (χ0) is 15.7. The van der Waals surface area contributed by atoms with E-state index in [9.17, 15) is 13.2 Å². The zero-order valence-electron chi connectivity index (χ0n) is 12.1. The van der Waals surface area contributed by atoms with E-state index in [1.807, 2.05) is 0 Å². The van der Waals surface area contributed by atoms with E-state index in [2.05, 4.69) is 5.32 Å². The van der Waals surface area contributed by atoms with Gasteiger partial charge < -0.3 is 15.8 Å². The Bertz CT molecular complexity index is 644. The molecule has 0 aromatic heterocycles. The topological polar surface area (TPSA) is 98.5 Å². The Kier molecular flexibility index (Phi) is 4.25. The second-order valence-corrected chi connectivity index (χ2v) is 7.44. The molecule has 2 atom stereocenters. The van der Waals surface area contributed by atoms with Crippen molar-refractivity contribution in [3.05, 3.63) is 24.3 Å². The number of primary amides is 1. The molecular weight excluding hydrogens is 292 g/mol. The largest absolute Gasteiger partial charge is 0.490 e. The third-order valence-electron chi connectivity index (χ3n) is 3.96. The van der Waals surface area contributed by atoms with Crippen molar-refractivity contribution in [2.45, 2.75) is 35.8 Å². The summed E-state index contributed by atoms with van der Waals surface area (Å²) in [5.41, 5.74) is 4.71. The summed E-state index contributed by atoms with van der Waals surface area (Å²) in [4.78, 5) is 11.8. The van der Waals surface area contributed by atoms with Crippen LogP contribution in [0.15, 0.2) is 29.2 Å². The second kappa shape index (κ2) is 5.65. The van der Waals surface area contributed by atoms with Crippen LogP contribution < -0.4 is 15.8 Å².